The molecule has 1 atom stereocenters. The second-order valence-corrected chi connectivity index (χ2v) is 4.91. The third-order valence-electron chi connectivity index (χ3n) is 2.85. The van der Waals surface area contributed by atoms with Gasteiger partial charge in [0.2, 0.25) is 0 Å². The Hall–Kier alpha value is -0.320. The van der Waals surface area contributed by atoms with Crippen molar-refractivity contribution in [2.45, 2.75) is 12.6 Å². The van der Waals surface area contributed by atoms with Gasteiger partial charge in [-0.15, -0.1) is 0 Å². The smallest absolute Gasteiger partial charge is 0.0933 e. The number of aliphatic hydroxyl groups is 1. The van der Waals surface area contributed by atoms with Crippen LogP contribution in [0, 0.1) is 0 Å². The average Bonchev–Trinajstić information content (AvgIpc) is 2.35. The van der Waals surface area contributed by atoms with E-state index < -0.39 is 0 Å². The van der Waals surface area contributed by atoms with E-state index in [4.69, 9.17) is 33.0 Å². The average molecular weight is 276 g/mol. The first kappa shape index (κ1) is 13.1. The van der Waals surface area contributed by atoms with E-state index in [0.29, 0.717) is 16.7 Å². The Kier molecular flexibility index (Phi) is 4.65. The first-order valence-corrected chi connectivity index (χ1v) is 6.34. The van der Waals surface area contributed by atoms with Crippen LogP contribution in [0.15, 0.2) is 18.2 Å². The zero-order valence-electron chi connectivity index (χ0n) is 9.40. The molecular formula is C12H15Cl2NO2. The number of aliphatic hydroxyl groups excluding tert-OH is 1. The normalized spacial score (nSPS) is 21.7. The van der Waals surface area contributed by atoms with Crippen molar-refractivity contribution in [1.82, 2.24) is 4.90 Å². The molecule has 1 heterocycles. The highest BCUT2D eigenvalue weighted by Gasteiger charge is 2.20. The fourth-order valence-electron chi connectivity index (χ4n) is 1.95. The zero-order valence-corrected chi connectivity index (χ0v) is 10.9. The van der Waals surface area contributed by atoms with Crippen LogP contribution >= 0.6 is 23.2 Å². The number of hydrogen-bond donors (Lipinski definition) is 1. The first-order chi connectivity index (χ1) is 8.20. The second kappa shape index (κ2) is 6.03. The quantitative estimate of drug-likeness (QED) is 0.918. The van der Waals surface area contributed by atoms with E-state index in [1.807, 2.05) is 12.1 Å². The molecule has 0 amide bonds. The Balaban J connectivity index is 2.02. The second-order valence-electron chi connectivity index (χ2n) is 4.12. The van der Waals surface area contributed by atoms with Crippen molar-refractivity contribution in [2.24, 2.45) is 0 Å². The standard InChI is InChI=1S/C12H15Cl2NO2/c13-11-3-1-2-9(12(11)14)6-15-4-5-17-10(7-15)8-16/h1-3,10,16H,4-8H2. The van der Waals surface area contributed by atoms with Crippen LogP contribution in [-0.4, -0.2) is 42.4 Å². The van der Waals surface area contributed by atoms with Crippen molar-refractivity contribution in [2.75, 3.05) is 26.3 Å². The third-order valence-corrected chi connectivity index (χ3v) is 3.71. The highest BCUT2D eigenvalue weighted by atomic mass is 35.5. The minimum atomic E-state index is -0.0956. The SMILES string of the molecule is OCC1CN(Cc2cccc(Cl)c2Cl)CCO1. The third kappa shape index (κ3) is 3.33. The van der Waals surface area contributed by atoms with Gasteiger partial charge >= 0.3 is 0 Å². The van der Waals surface area contributed by atoms with Gasteiger partial charge in [-0.2, -0.15) is 0 Å². The summed E-state index contributed by atoms with van der Waals surface area (Å²) in [6.07, 6.45) is -0.0956. The van der Waals surface area contributed by atoms with Crippen LogP contribution in [-0.2, 0) is 11.3 Å². The Morgan fingerprint density at radius 3 is 3.00 bits per heavy atom. The van der Waals surface area contributed by atoms with Crippen LogP contribution in [0.4, 0.5) is 0 Å². The van der Waals surface area contributed by atoms with Crippen molar-refractivity contribution in [3.05, 3.63) is 33.8 Å². The molecule has 0 saturated carbocycles. The zero-order chi connectivity index (χ0) is 12.3. The lowest BCUT2D eigenvalue weighted by Gasteiger charge is -2.32. The summed E-state index contributed by atoms with van der Waals surface area (Å²) >= 11 is 12.1. The van der Waals surface area contributed by atoms with Gasteiger partial charge in [0.15, 0.2) is 0 Å². The van der Waals surface area contributed by atoms with Crippen LogP contribution < -0.4 is 0 Å². The molecule has 94 valence electrons. The van der Waals surface area contributed by atoms with Gasteiger partial charge < -0.3 is 9.84 Å². The van der Waals surface area contributed by atoms with Crippen molar-refractivity contribution < 1.29 is 9.84 Å². The fourth-order valence-corrected chi connectivity index (χ4v) is 2.33. The molecule has 0 aliphatic carbocycles. The van der Waals surface area contributed by atoms with E-state index in [1.54, 1.807) is 6.07 Å². The molecule has 5 heteroatoms. The van der Waals surface area contributed by atoms with Gasteiger partial charge in [0.1, 0.15) is 0 Å². The molecule has 1 saturated heterocycles. The van der Waals surface area contributed by atoms with Crippen LogP contribution in [0.5, 0.6) is 0 Å². The summed E-state index contributed by atoms with van der Waals surface area (Å²) in [5.74, 6) is 0. The number of benzene rings is 1. The monoisotopic (exact) mass is 275 g/mol. The predicted molar refractivity (Wildman–Crippen MR) is 68.6 cm³/mol. The van der Waals surface area contributed by atoms with Gasteiger partial charge in [0, 0.05) is 19.6 Å². The molecule has 1 aromatic rings. The molecule has 1 unspecified atom stereocenters. The summed E-state index contributed by atoms with van der Waals surface area (Å²) in [4.78, 5) is 2.21. The fraction of sp³-hybridized carbons (Fsp3) is 0.500. The van der Waals surface area contributed by atoms with E-state index >= 15 is 0 Å². The molecular weight excluding hydrogens is 261 g/mol. The maximum atomic E-state index is 9.07. The Labute approximate surface area is 111 Å². The lowest BCUT2D eigenvalue weighted by atomic mass is 10.2. The molecule has 0 radical (unpaired) electrons. The number of morpholine rings is 1. The molecule has 0 aromatic heterocycles. The van der Waals surface area contributed by atoms with Crippen molar-refractivity contribution >= 4 is 23.2 Å². The maximum Gasteiger partial charge on any atom is 0.0933 e. The van der Waals surface area contributed by atoms with Crippen molar-refractivity contribution in [3.8, 4) is 0 Å². The van der Waals surface area contributed by atoms with E-state index in [1.165, 1.54) is 0 Å². The Morgan fingerprint density at radius 1 is 1.41 bits per heavy atom. The molecule has 1 aromatic carbocycles. The summed E-state index contributed by atoms with van der Waals surface area (Å²) in [7, 11) is 0. The van der Waals surface area contributed by atoms with Gasteiger partial charge in [-0.1, -0.05) is 35.3 Å². The van der Waals surface area contributed by atoms with Crippen LogP contribution in [0.2, 0.25) is 10.0 Å². The van der Waals surface area contributed by atoms with Crippen molar-refractivity contribution in [1.29, 1.82) is 0 Å². The Bertz CT molecular complexity index is 387. The van der Waals surface area contributed by atoms with Crippen molar-refractivity contribution in [3.63, 3.8) is 0 Å². The number of hydrogen-bond acceptors (Lipinski definition) is 3. The van der Waals surface area contributed by atoms with Crippen LogP contribution in [0.25, 0.3) is 0 Å². The van der Waals surface area contributed by atoms with Gasteiger partial charge in [-0.3, -0.25) is 4.90 Å². The molecule has 17 heavy (non-hydrogen) atoms. The van der Waals surface area contributed by atoms with Gasteiger partial charge in [-0.25, -0.2) is 0 Å². The largest absolute Gasteiger partial charge is 0.394 e. The molecule has 1 N–H and O–H groups in total. The maximum absolute atomic E-state index is 9.07. The number of rotatable bonds is 3. The van der Waals surface area contributed by atoms with E-state index in [-0.39, 0.29) is 12.7 Å². The molecule has 2 rings (SSSR count). The first-order valence-electron chi connectivity index (χ1n) is 5.58. The number of halogens is 2. The Morgan fingerprint density at radius 2 is 2.24 bits per heavy atom. The molecule has 0 bridgehead atoms. The summed E-state index contributed by atoms with van der Waals surface area (Å²) < 4.78 is 5.40. The molecule has 1 aliphatic rings. The van der Waals surface area contributed by atoms with Crippen LogP contribution in [0.3, 0.4) is 0 Å². The summed E-state index contributed by atoms with van der Waals surface area (Å²) in [5.41, 5.74) is 1.01. The minimum Gasteiger partial charge on any atom is -0.394 e. The minimum absolute atomic E-state index is 0.0553. The number of ether oxygens (including phenoxy) is 1. The number of nitrogens with zero attached hydrogens (tertiary/aromatic N) is 1. The summed E-state index contributed by atoms with van der Waals surface area (Å²) in [6.45, 7) is 3.00. The molecule has 3 nitrogen and oxygen atoms in total. The molecule has 0 spiro atoms. The van der Waals surface area contributed by atoms with Crippen LogP contribution in [0.1, 0.15) is 5.56 Å². The van der Waals surface area contributed by atoms with E-state index in [9.17, 15) is 0 Å². The lowest BCUT2D eigenvalue weighted by molar-refractivity contribution is -0.0550. The summed E-state index contributed by atoms with van der Waals surface area (Å²) in [5, 5.41) is 10.3. The topological polar surface area (TPSA) is 32.7 Å². The highest BCUT2D eigenvalue weighted by Crippen LogP contribution is 2.26. The molecule has 1 fully saturated rings. The van der Waals surface area contributed by atoms with E-state index in [2.05, 4.69) is 4.90 Å². The highest BCUT2D eigenvalue weighted by molar-refractivity contribution is 6.42. The summed E-state index contributed by atoms with van der Waals surface area (Å²) in [6, 6.07) is 5.65. The van der Waals surface area contributed by atoms with Gasteiger partial charge in [0.25, 0.3) is 0 Å². The lowest BCUT2D eigenvalue weighted by Crippen LogP contribution is -2.43. The van der Waals surface area contributed by atoms with E-state index in [0.717, 1.165) is 25.2 Å². The van der Waals surface area contributed by atoms with Gasteiger partial charge in [-0.05, 0) is 11.6 Å². The predicted octanol–water partition coefficient (Wildman–Crippen LogP) is 2.19. The van der Waals surface area contributed by atoms with Gasteiger partial charge in [0.05, 0.1) is 29.4 Å². The molecule has 1 aliphatic heterocycles.